The molecule has 19 heavy (non-hydrogen) atoms. The maximum Gasteiger partial charge on any atom is 0.339 e. The lowest BCUT2D eigenvalue weighted by Gasteiger charge is -2.07. The number of nitrogens with zero attached hydrogens (tertiary/aromatic N) is 1. The number of anilines is 1. The molecule has 0 spiro atoms. The average molecular weight is 325 g/mol. The van der Waals surface area contributed by atoms with Gasteiger partial charge in [0.15, 0.2) is 0 Å². The quantitative estimate of drug-likeness (QED) is 0.696. The molecular formula is C13H10BrFN2O2. The van der Waals surface area contributed by atoms with Crippen molar-refractivity contribution in [3.05, 3.63) is 58.1 Å². The number of nitrogens with two attached hydrogens (primary N) is 1. The minimum atomic E-state index is -0.593. The van der Waals surface area contributed by atoms with Gasteiger partial charge >= 0.3 is 5.97 Å². The summed E-state index contributed by atoms with van der Waals surface area (Å²) in [6.07, 6.45) is 1.61. The summed E-state index contributed by atoms with van der Waals surface area (Å²) in [4.78, 5) is 15.9. The van der Waals surface area contributed by atoms with Crippen molar-refractivity contribution in [2.24, 2.45) is 0 Å². The molecule has 6 heteroatoms. The number of halogens is 2. The lowest BCUT2D eigenvalue weighted by Crippen LogP contribution is -2.08. The number of benzene rings is 1. The van der Waals surface area contributed by atoms with Crippen molar-refractivity contribution in [3.8, 4) is 0 Å². The van der Waals surface area contributed by atoms with E-state index in [1.54, 1.807) is 24.4 Å². The van der Waals surface area contributed by atoms with E-state index in [4.69, 9.17) is 10.5 Å². The van der Waals surface area contributed by atoms with Gasteiger partial charge < -0.3 is 10.5 Å². The molecule has 0 aliphatic heterocycles. The van der Waals surface area contributed by atoms with Gasteiger partial charge in [0.1, 0.15) is 12.4 Å². The molecule has 98 valence electrons. The Morgan fingerprint density at radius 2 is 2.21 bits per heavy atom. The third-order valence-corrected chi connectivity index (χ3v) is 3.04. The first kappa shape index (κ1) is 13.5. The normalized spacial score (nSPS) is 10.2. The van der Waals surface area contributed by atoms with E-state index in [-0.39, 0.29) is 17.9 Å². The zero-order valence-corrected chi connectivity index (χ0v) is 11.4. The van der Waals surface area contributed by atoms with Crippen LogP contribution in [-0.2, 0) is 11.3 Å². The molecule has 0 unspecified atom stereocenters. The second kappa shape index (κ2) is 5.79. The van der Waals surface area contributed by atoms with Crippen LogP contribution in [0.15, 0.2) is 41.0 Å². The van der Waals surface area contributed by atoms with E-state index >= 15 is 0 Å². The molecule has 0 saturated carbocycles. The molecule has 0 aliphatic rings. The van der Waals surface area contributed by atoms with Crippen LogP contribution in [0.2, 0.25) is 0 Å². The summed E-state index contributed by atoms with van der Waals surface area (Å²) in [6, 6.07) is 7.67. The van der Waals surface area contributed by atoms with Crippen molar-refractivity contribution in [1.29, 1.82) is 0 Å². The van der Waals surface area contributed by atoms with E-state index in [2.05, 4.69) is 20.9 Å². The van der Waals surface area contributed by atoms with Crippen LogP contribution in [-0.4, -0.2) is 11.0 Å². The van der Waals surface area contributed by atoms with Gasteiger partial charge in [0.2, 0.25) is 0 Å². The summed E-state index contributed by atoms with van der Waals surface area (Å²) in [6.45, 7) is 0.0450. The van der Waals surface area contributed by atoms with Crippen LogP contribution in [0.3, 0.4) is 0 Å². The first-order valence-corrected chi connectivity index (χ1v) is 6.19. The fraction of sp³-hybridized carbons (Fsp3) is 0.0769. The Morgan fingerprint density at radius 3 is 2.89 bits per heavy atom. The van der Waals surface area contributed by atoms with Crippen LogP contribution in [0.5, 0.6) is 0 Å². The molecule has 4 nitrogen and oxygen atoms in total. The van der Waals surface area contributed by atoms with E-state index in [1.807, 2.05) is 0 Å². The van der Waals surface area contributed by atoms with Gasteiger partial charge in [-0.15, -0.1) is 0 Å². The largest absolute Gasteiger partial charge is 0.456 e. The number of hydrogen-bond donors (Lipinski definition) is 1. The third kappa shape index (κ3) is 3.29. The highest BCUT2D eigenvalue weighted by Gasteiger charge is 2.14. The van der Waals surface area contributed by atoms with Crippen molar-refractivity contribution in [2.45, 2.75) is 6.61 Å². The zero-order valence-electron chi connectivity index (χ0n) is 9.77. The summed E-state index contributed by atoms with van der Waals surface area (Å²) >= 11 is 3.10. The summed E-state index contributed by atoms with van der Waals surface area (Å²) in [7, 11) is 0. The topological polar surface area (TPSA) is 65.2 Å². The Bertz CT molecular complexity index is 605. The third-order valence-electron chi connectivity index (χ3n) is 2.38. The van der Waals surface area contributed by atoms with Gasteiger partial charge in [-0.2, -0.15) is 0 Å². The first-order valence-electron chi connectivity index (χ1n) is 5.39. The highest BCUT2D eigenvalue weighted by molar-refractivity contribution is 9.10. The number of ether oxygens (including phenoxy) is 1. The van der Waals surface area contributed by atoms with Gasteiger partial charge in [-0.1, -0.05) is 6.07 Å². The van der Waals surface area contributed by atoms with E-state index < -0.39 is 11.8 Å². The van der Waals surface area contributed by atoms with Crippen molar-refractivity contribution >= 4 is 27.6 Å². The second-order valence-electron chi connectivity index (χ2n) is 3.75. The fourth-order valence-corrected chi connectivity index (χ4v) is 1.90. The molecule has 0 bridgehead atoms. The molecule has 1 heterocycles. The van der Waals surface area contributed by atoms with E-state index in [9.17, 15) is 9.18 Å². The average Bonchev–Trinajstić information content (AvgIpc) is 2.41. The van der Waals surface area contributed by atoms with Gasteiger partial charge in [0, 0.05) is 10.7 Å². The predicted octanol–water partition coefficient (Wildman–Crippen LogP) is 2.92. The monoisotopic (exact) mass is 324 g/mol. The van der Waals surface area contributed by atoms with Crippen LogP contribution in [0.1, 0.15) is 16.1 Å². The first-order chi connectivity index (χ1) is 9.08. The van der Waals surface area contributed by atoms with Crippen LogP contribution in [0.4, 0.5) is 10.1 Å². The lowest BCUT2D eigenvalue weighted by atomic mass is 10.2. The van der Waals surface area contributed by atoms with Gasteiger partial charge in [0.25, 0.3) is 0 Å². The number of carbonyl (C=O) groups excluding carboxylic acids is 1. The van der Waals surface area contributed by atoms with Gasteiger partial charge in [0.05, 0.1) is 16.9 Å². The van der Waals surface area contributed by atoms with Gasteiger partial charge in [-0.05, 0) is 40.2 Å². The summed E-state index contributed by atoms with van der Waals surface area (Å²) < 4.78 is 18.5. The fourth-order valence-electron chi connectivity index (χ4n) is 1.42. The number of hydrogen-bond acceptors (Lipinski definition) is 4. The number of esters is 1. The maximum absolute atomic E-state index is 13.2. The number of nitrogen functional groups attached to an aromatic ring is 1. The standard InChI is InChI=1S/C13H10BrFN2O2/c14-10-6-11(15)12(16)5-9(10)13(18)19-7-8-3-1-2-4-17-8/h1-6H,7,16H2. The molecule has 0 amide bonds. The minimum absolute atomic E-state index is 0.0450. The Labute approximate surface area is 117 Å². The molecule has 2 aromatic rings. The summed E-state index contributed by atoms with van der Waals surface area (Å²) in [5, 5.41) is 0. The molecular weight excluding hydrogens is 315 g/mol. The van der Waals surface area contributed by atoms with Crippen molar-refractivity contribution in [2.75, 3.05) is 5.73 Å². The van der Waals surface area contributed by atoms with Crippen LogP contribution in [0, 0.1) is 5.82 Å². The smallest absolute Gasteiger partial charge is 0.339 e. The molecule has 0 aliphatic carbocycles. The van der Waals surface area contributed by atoms with Crippen LogP contribution < -0.4 is 5.73 Å². The Morgan fingerprint density at radius 1 is 1.42 bits per heavy atom. The Kier molecular flexibility index (Phi) is 4.11. The van der Waals surface area contributed by atoms with E-state index in [0.717, 1.165) is 6.07 Å². The molecule has 0 atom stereocenters. The summed E-state index contributed by atoms with van der Waals surface area (Å²) in [5.41, 5.74) is 6.12. The molecule has 0 radical (unpaired) electrons. The second-order valence-corrected chi connectivity index (χ2v) is 4.61. The van der Waals surface area contributed by atoms with Crippen LogP contribution >= 0.6 is 15.9 Å². The molecule has 0 fully saturated rings. The number of carbonyl (C=O) groups is 1. The maximum atomic E-state index is 13.2. The number of pyridine rings is 1. The van der Waals surface area contributed by atoms with Gasteiger partial charge in [-0.25, -0.2) is 9.18 Å². The molecule has 2 rings (SSSR count). The van der Waals surface area contributed by atoms with Crippen molar-refractivity contribution in [3.63, 3.8) is 0 Å². The highest BCUT2D eigenvalue weighted by Crippen LogP contribution is 2.23. The SMILES string of the molecule is Nc1cc(C(=O)OCc2ccccn2)c(Br)cc1F. The van der Waals surface area contributed by atoms with Crippen LogP contribution in [0.25, 0.3) is 0 Å². The zero-order chi connectivity index (χ0) is 13.8. The number of aromatic nitrogens is 1. The van der Waals surface area contributed by atoms with Gasteiger partial charge in [-0.3, -0.25) is 4.98 Å². The van der Waals surface area contributed by atoms with E-state index in [0.29, 0.717) is 10.2 Å². The summed E-state index contributed by atoms with van der Waals surface area (Å²) in [5.74, 6) is -1.18. The van der Waals surface area contributed by atoms with E-state index in [1.165, 1.54) is 6.07 Å². The molecule has 1 aromatic heterocycles. The Hall–Kier alpha value is -1.95. The number of rotatable bonds is 3. The Balaban J connectivity index is 2.10. The highest BCUT2D eigenvalue weighted by atomic mass is 79.9. The molecule has 0 saturated heterocycles. The predicted molar refractivity (Wildman–Crippen MR) is 71.9 cm³/mol. The molecule has 2 N–H and O–H groups in total. The molecule has 1 aromatic carbocycles. The van der Waals surface area contributed by atoms with Crippen molar-refractivity contribution in [1.82, 2.24) is 4.98 Å². The minimum Gasteiger partial charge on any atom is -0.456 e. The lowest BCUT2D eigenvalue weighted by molar-refractivity contribution is 0.0466. The van der Waals surface area contributed by atoms with Crippen molar-refractivity contribution < 1.29 is 13.9 Å².